The topological polar surface area (TPSA) is 84.2 Å². The van der Waals surface area contributed by atoms with Gasteiger partial charge >= 0.3 is 0 Å². The Bertz CT molecular complexity index is 888. The van der Waals surface area contributed by atoms with E-state index in [1.165, 1.54) is 6.07 Å². The van der Waals surface area contributed by atoms with E-state index >= 15 is 0 Å². The summed E-state index contributed by atoms with van der Waals surface area (Å²) in [6, 6.07) is 5.07. The van der Waals surface area contributed by atoms with Crippen molar-refractivity contribution in [1.29, 1.82) is 0 Å². The highest BCUT2D eigenvalue weighted by Gasteiger charge is 2.04. The third kappa shape index (κ3) is 6.70. The number of hydrogen-bond donors (Lipinski definition) is 2. The van der Waals surface area contributed by atoms with Crippen LogP contribution in [0, 0.1) is 5.92 Å². The maximum absolute atomic E-state index is 11.8. The van der Waals surface area contributed by atoms with Gasteiger partial charge in [0.25, 0.3) is 5.56 Å². The van der Waals surface area contributed by atoms with Gasteiger partial charge in [0.2, 0.25) is 5.95 Å². The molecule has 148 valence electrons. The molecule has 2 heterocycles. The van der Waals surface area contributed by atoms with Gasteiger partial charge in [0.05, 0.1) is 0 Å². The van der Waals surface area contributed by atoms with E-state index in [-0.39, 0.29) is 5.56 Å². The van der Waals surface area contributed by atoms with Crippen molar-refractivity contribution in [3.05, 3.63) is 65.1 Å². The largest absolute Gasteiger partial charge is 0.370 e. The lowest BCUT2D eigenvalue weighted by molar-refractivity contribution is 0.567. The van der Waals surface area contributed by atoms with Crippen LogP contribution in [0.25, 0.3) is 5.70 Å². The average Bonchev–Trinajstić information content (AvgIpc) is 2.72. The zero-order valence-corrected chi connectivity index (χ0v) is 17.2. The van der Waals surface area contributed by atoms with Crippen molar-refractivity contribution >= 4 is 30.1 Å². The Hall–Kier alpha value is -2.87. The van der Waals surface area contributed by atoms with Crippen LogP contribution in [-0.2, 0) is 0 Å². The summed E-state index contributed by atoms with van der Waals surface area (Å²) in [5, 5.41) is 6.49. The van der Waals surface area contributed by atoms with Crippen molar-refractivity contribution in [3.63, 3.8) is 0 Å². The fourth-order valence-electron chi connectivity index (χ4n) is 2.30. The van der Waals surface area contributed by atoms with Crippen molar-refractivity contribution in [1.82, 2.24) is 19.9 Å². The highest BCUT2D eigenvalue weighted by Crippen LogP contribution is 2.12. The van der Waals surface area contributed by atoms with Crippen LogP contribution < -0.4 is 16.2 Å². The molecule has 2 aromatic heterocycles. The van der Waals surface area contributed by atoms with E-state index < -0.39 is 0 Å². The summed E-state index contributed by atoms with van der Waals surface area (Å²) in [6.07, 6.45) is 11.0. The predicted octanol–water partition coefficient (Wildman–Crippen LogP) is 3.10. The van der Waals surface area contributed by atoms with Gasteiger partial charge in [0.1, 0.15) is 5.82 Å². The Labute approximate surface area is 169 Å². The highest BCUT2D eigenvalue weighted by atomic mass is 32.2. The molecule has 0 radical (unpaired) electrons. The van der Waals surface area contributed by atoms with Crippen LogP contribution in [0.3, 0.4) is 0 Å². The molecule has 0 amide bonds. The van der Waals surface area contributed by atoms with Crippen LogP contribution in [0.2, 0.25) is 0 Å². The van der Waals surface area contributed by atoms with E-state index in [9.17, 15) is 4.79 Å². The Balaban J connectivity index is 1.87. The fourth-order valence-corrected chi connectivity index (χ4v) is 2.61. The quantitative estimate of drug-likeness (QED) is 0.363. The number of nitrogens with one attached hydrogen (secondary N) is 2. The Morgan fingerprint density at radius 3 is 2.71 bits per heavy atom. The first-order valence-corrected chi connectivity index (χ1v) is 10.1. The molecule has 7 nitrogen and oxygen atoms in total. The summed E-state index contributed by atoms with van der Waals surface area (Å²) in [5.74, 6) is 1.58. The normalized spacial score (nSPS) is 13.1. The van der Waals surface area contributed by atoms with Gasteiger partial charge in [-0.3, -0.25) is 9.36 Å². The number of pyridine rings is 1. The summed E-state index contributed by atoms with van der Waals surface area (Å²) < 4.78 is 1.58. The monoisotopic (exact) mass is 398 g/mol. The molecule has 0 aliphatic heterocycles. The second-order valence-corrected chi connectivity index (χ2v) is 7.12. The highest BCUT2D eigenvalue weighted by molar-refractivity contribution is 7.98. The molecule has 2 N–H and O–H groups in total. The third-order valence-corrected chi connectivity index (χ3v) is 4.64. The first-order chi connectivity index (χ1) is 13.5. The molecule has 0 aliphatic rings. The predicted molar refractivity (Wildman–Crippen MR) is 118 cm³/mol. The number of nitrogens with zero attached hydrogens (tertiary/aromatic N) is 4. The minimum atomic E-state index is -0.0711. The zero-order chi connectivity index (χ0) is 20.4. The summed E-state index contributed by atoms with van der Waals surface area (Å²) in [4.78, 5) is 25.4. The van der Waals surface area contributed by atoms with Crippen molar-refractivity contribution < 1.29 is 0 Å². The molecule has 0 aromatic carbocycles. The maximum Gasteiger partial charge on any atom is 0.254 e. The van der Waals surface area contributed by atoms with Crippen LogP contribution in [0.5, 0.6) is 0 Å². The minimum absolute atomic E-state index is 0.0711. The van der Waals surface area contributed by atoms with Crippen molar-refractivity contribution in [3.8, 4) is 0 Å². The van der Waals surface area contributed by atoms with Gasteiger partial charge in [0.15, 0.2) is 0 Å². The second-order valence-electron chi connectivity index (χ2n) is 6.24. The van der Waals surface area contributed by atoms with E-state index in [1.807, 2.05) is 31.4 Å². The lowest BCUT2D eigenvalue weighted by atomic mass is 10.2. The van der Waals surface area contributed by atoms with Crippen molar-refractivity contribution in [2.45, 2.75) is 18.7 Å². The molecule has 1 atom stereocenters. The number of aromatic nitrogens is 3. The van der Waals surface area contributed by atoms with Crippen LogP contribution in [0.15, 0.2) is 69.4 Å². The lowest BCUT2D eigenvalue weighted by Gasteiger charge is -2.14. The number of rotatable bonds is 10. The Morgan fingerprint density at radius 1 is 1.32 bits per heavy atom. The van der Waals surface area contributed by atoms with Gasteiger partial charge < -0.3 is 10.6 Å². The molecule has 8 heteroatoms. The molecule has 28 heavy (non-hydrogen) atoms. The standard InChI is InChI=1S/C20H26N6OS/c1-15(12-23-20-24-13-17(28-4)14-25-20)11-22-18(21-3)9-8-16(2)26-10-6-5-7-19(26)27/h5-10,13-15,22H,3,11-12H2,1-2,4H3,(H,23,24,25)/b16-8+,18-9+. The SMILES string of the molecule is C=N/C(=C\C=C(/C)n1ccccc1=O)NCC(C)CNc1ncc(SC)cn1. The molecule has 0 saturated carbocycles. The zero-order valence-electron chi connectivity index (χ0n) is 16.4. The number of thioether (sulfide) groups is 1. The van der Waals surface area contributed by atoms with E-state index in [4.69, 9.17) is 0 Å². The van der Waals surface area contributed by atoms with Crippen molar-refractivity contribution in [2.75, 3.05) is 24.7 Å². The molecule has 2 aromatic rings. The first kappa shape index (κ1) is 21.4. The lowest BCUT2D eigenvalue weighted by Crippen LogP contribution is -2.25. The molecule has 0 spiro atoms. The molecule has 0 aliphatic carbocycles. The summed E-state index contributed by atoms with van der Waals surface area (Å²) in [7, 11) is 0. The van der Waals surface area contributed by atoms with Gasteiger partial charge in [-0.1, -0.05) is 13.0 Å². The maximum atomic E-state index is 11.8. The van der Waals surface area contributed by atoms with Crippen LogP contribution >= 0.6 is 11.8 Å². The van der Waals surface area contributed by atoms with Gasteiger partial charge in [-0.2, -0.15) is 0 Å². The molecule has 1 unspecified atom stereocenters. The molecular formula is C20H26N6OS. The molecule has 0 fully saturated rings. The third-order valence-electron chi connectivity index (χ3n) is 3.96. The van der Waals surface area contributed by atoms with Crippen LogP contribution in [-0.4, -0.2) is 40.6 Å². The van der Waals surface area contributed by atoms with E-state index in [0.29, 0.717) is 24.2 Å². The van der Waals surface area contributed by atoms with E-state index in [2.05, 4.69) is 39.2 Å². The fraction of sp³-hybridized carbons (Fsp3) is 0.300. The molecule has 0 bridgehead atoms. The second kappa shape index (κ2) is 11.1. The van der Waals surface area contributed by atoms with E-state index in [0.717, 1.165) is 17.1 Å². The number of aliphatic imine (C=N–C) groups is 1. The first-order valence-electron chi connectivity index (χ1n) is 8.90. The van der Waals surface area contributed by atoms with Gasteiger partial charge in [-0.25, -0.2) is 15.0 Å². The smallest absolute Gasteiger partial charge is 0.254 e. The summed E-state index contributed by atoms with van der Waals surface area (Å²) >= 11 is 1.61. The van der Waals surface area contributed by atoms with Crippen LogP contribution in [0.4, 0.5) is 5.95 Å². The van der Waals surface area contributed by atoms with Crippen molar-refractivity contribution in [2.24, 2.45) is 10.9 Å². The average molecular weight is 399 g/mol. The van der Waals surface area contributed by atoms with Gasteiger partial charge in [0, 0.05) is 48.3 Å². The summed E-state index contributed by atoms with van der Waals surface area (Å²) in [5.41, 5.74) is 0.729. The Kier molecular flexibility index (Phi) is 8.48. The number of allylic oxidation sites excluding steroid dienone is 3. The van der Waals surface area contributed by atoms with E-state index in [1.54, 1.807) is 41.0 Å². The molecule has 2 rings (SSSR count). The molecular weight excluding hydrogens is 372 g/mol. The number of anilines is 1. The molecule has 0 saturated heterocycles. The van der Waals surface area contributed by atoms with Gasteiger partial charge in [-0.05, 0) is 44.0 Å². The Morgan fingerprint density at radius 2 is 2.07 bits per heavy atom. The van der Waals surface area contributed by atoms with Gasteiger partial charge in [-0.15, -0.1) is 11.8 Å². The van der Waals surface area contributed by atoms with Crippen LogP contribution in [0.1, 0.15) is 13.8 Å². The minimum Gasteiger partial charge on any atom is -0.370 e. The number of hydrogen-bond acceptors (Lipinski definition) is 7. The summed E-state index contributed by atoms with van der Waals surface area (Å²) in [6.45, 7) is 9.02.